The Morgan fingerprint density at radius 2 is 1.76 bits per heavy atom. The van der Waals surface area contributed by atoms with E-state index in [1.165, 1.54) is 44.7 Å². The van der Waals surface area contributed by atoms with E-state index in [1.807, 2.05) is 0 Å². The van der Waals surface area contributed by atoms with E-state index in [2.05, 4.69) is 13.5 Å². The second kappa shape index (κ2) is 12.1. The molecule has 0 aliphatic heterocycles. The van der Waals surface area contributed by atoms with Crippen molar-refractivity contribution >= 4 is 14.6 Å². The molecule has 0 amide bonds. The first-order valence-electron chi connectivity index (χ1n) is 6.71. The zero-order chi connectivity index (χ0) is 12.9. The summed E-state index contributed by atoms with van der Waals surface area (Å²) in [5.41, 5.74) is 0.490. The second-order valence-electron chi connectivity index (χ2n) is 4.43. The number of hydrogen-bond donors (Lipinski definition) is 0. The molecule has 1 atom stereocenters. The molecule has 1 unspecified atom stereocenters. The topological polar surface area (TPSA) is 26.3 Å². The van der Waals surface area contributed by atoms with Crippen LogP contribution in [0.15, 0.2) is 12.2 Å². The van der Waals surface area contributed by atoms with Crippen LogP contribution >= 0.6 is 8.58 Å². The van der Waals surface area contributed by atoms with Gasteiger partial charge in [0.05, 0.1) is 6.61 Å². The van der Waals surface area contributed by atoms with Gasteiger partial charge < -0.3 is 4.74 Å². The number of carbonyl (C=O) groups excluding carboxylic acids is 1. The van der Waals surface area contributed by atoms with Crippen molar-refractivity contribution in [3.8, 4) is 0 Å². The van der Waals surface area contributed by atoms with Crippen LogP contribution in [0.3, 0.4) is 0 Å². The van der Waals surface area contributed by atoms with Gasteiger partial charge in [-0.25, -0.2) is 4.79 Å². The van der Waals surface area contributed by atoms with Crippen LogP contribution in [0, 0.1) is 0 Å². The monoisotopic (exact) mass is 258 g/mol. The summed E-state index contributed by atoms with van der Waals surface area (Å²) in [6, 6.07) is 0. The molecule has 0 aromatic rings. The van der Waals surface area contributed by atoms with Crippen molar-refractivity contribution in [3.63, 3.8) is 0 Å². The molecule has 0 aliphatic carbocycles. The van der Waals surface area contributed by atoms with Crippen LogP contribution in [-0.4, -0.2) is 24.9 Å². The van der Waals surface area contributed by atoms with Gasteiger partial charge in [-0.05, 0) is 25.7 Å². The molecule has 0 saturated carbocycles. The first-order chi connectivity index (χ1) is 8.18. The van der Waals surface area contributed by atoms with Crippen molar-refractivity contribution < 1.29 is 9.53 Å². The Morgan fingerprint density at radius 1 is 1.12 bits per heavy atom. The highest BCUT2D eigenvalue weighted by Crippen LogP contribution is 2.14. The van der Waals surface area contributed by atoms with Gasteiger partial charge >= 0.3 is 5.97 Å². The average molecular weight is 258 g/mol. The number of hydrogen-bond acceptors (Lipinski definition) is 2. The molecule has 0 heterocycles. The predicted molar refractivity (Wildman–Crippen MR) is 77.2 cm³/mol. The third-order valence-electron chi connectivity index (χ3n) is 2.57. The number of unbranched alkanes of at least 4 members (excludes halogenated alkanes) is 5. The molecule has 0 saturated heterocycles. The predicted octanol–water partition coefficient (Wildman–Crippen LogP) is 4.14. The summed E-state index contributed by atoms with van der Waals surface area (Å²) >= 11 is 0. The minimum absolute atomic E-state index is 0.255. The lowest BCUT2D eigenvalue weighted by Crippen LogP contribution is -2.07. The van der Waals surface area contributed by atoms with Gasteiger partial charge in [0.15, 0.2) is 0 Å². The molecule has 0 fully saturated rings. The summed E-state index contributed by atoms with van der Waals surface area (Å²) in [5, 5.41) is 0. The number of ether oxygens (including phenoxy) is 1. The maximum atomic E-state index is 11.1. The average Bonchev–Trinajstić information content (AvgIpc) is 2.31. The molecular weight excluding hydrogens is 231 g/mol. The molecule has 17 heavy (non-hydrogen) atoms. The molecule has 0 N–H and O–H groups in total. The van der Waals surface area contributed by atoms with Gasteiger partial charge in [-0.2, -0.15) is 0 Å². The fourth-order valence-corrected chi connectivity index (χ4v) is 2.49. The largest absolute Gasteiger partial charge is 0.462 e. The zero-order valence-corrected chi connectivity index (χ0v) is 12.4. The Labute approximate surface area is 108 Å². The first-order valence-corrected chi connectivity index (χ1v) is 8.13. The number of esters is 1. The summed E-state index contributed by atoms with van der Waals surface area (Å²) in [6.07, 6.45) is 10.4. The Bertz CT molecular complexity index is 214. The van der Waals surface area contributed by atoms with Crippen LogP contribution in [0.1, 0.15) is 52.4 Å². The van der Waals surface area contributed by atoms with Gasteiger partial charge in [-0.3, -0.25) is 0 Å². The van der Waals surface area contributed by atoms with Crippen molar-refractivity contribution in [2.45, 2.75) is 52.4 Å². The molecule has 3 heteroatoms. The van der Waals surface area contributed by atoms with Crippen molar-refractivity contribution in [1.82, 2.24) is 0 Å². The van der Waals surface area contributed by atoms with Crippen molar-refractivity contribution in [2.24, 2.45) is 0 Å². The normalized spacial score (nSPS) is 10.9. The molecule has 2 nitrogen and oxygen atoms in total. The van der Waals surface area contributed by atoms with Crippen LogP contribution in [0.25, 0.3) is 0 Å². The van der Waals surface area contributed by atoms with E-state index in [-0.39, 0.29) is 5.97 Å². The highest BCUT2D eigenvalue weighted by atomic mass is 31.1. The van der Waals surface area contributed by atoms with E-state index in [0.717, 1.165) is 14.7 Å². The lowest BCUT2D eigenvalue weighted by Gasteiger charge is -2.04. The van der Waals surface area contributed by atoms with E-state index < -0.39 is 0 Å². The van der Waals surface area contributed by atoms with Gasteiger partial charge in [0.25, 0.3) is 0 Å². The minimum Gasteiger partial charge on any atom is -0.462 e. The Hall–Kier alpha value is -0.360. The summed E-state index contributed by atoms with van der Waals surface area (Å²) in [5.74, 6) is -0.255. The molecule has 0 aromatic carbocycles. The summed E-state index contributed by atoms with van der Waals surface area (Å²) in [6.45, 7) is 8.03. The van der Waals surface area contributed by atoms with Crippen LogP contribution in [0.4, 0.5) is 0 Å². The van der Waals surface area contributed by atoms with Crippen molar-refractivity contribution in [3.05, 3.63) is 12.2 Å². The van der Waals surface area contributed by atoms with Gasteiger partial charge in [-0.1, -0.05) is 45.6 Å². The Balaban J connectivity index is 3.08. The molecule has 0 rings (SSSR count). The Morgan fingerprint density at radius 3 is 2.41 bits per heavy atom. The van der Waals surface area contributed by atoms with Crippen molar-refractivity contribution in [2.75, 3.05) is 18.9 Å². The van der Waals surface area contributed by atoms with Crippen LogP contribution in [0.5, 0.6) is 0 Å². The SMILES string of the molecule is C=C(C)C(=O)OCCPCCCCCCCC. The molecule has 0 bridgehead atoms. The third kappa shape index (κ3) is 11.9. The maximum Gasteiger partial charge on any atom is 0.333 e. The number of carbonyl (C=O) groups is 1. The molecule has 0 aliphatic rings. The van der Waals surface area contributed by atoms with Gasteiger partial charge in [0, 0.05) is 5.57 Å². The highest BCUT2D eigenvalue weighted by molar-refractivity contribution is 7.37. The van der Waals surface area contributed by atoms with E-state index in [1.54, 1.807) is 6.92 Å². The van der Waals surface area contributed by atoms with E-state index in [9.17, 15) is 4.79 Å². The van der Waals surface area contributed by atoms with Crippen LogP contribution < -0.4 is 0 Å². The lowest BCUT2D eigenvalue weighted by molar-refractivity contribution is -0.138. The van der Waals surface area contributed by atoms with Crippen LogP contribution in [-0.2, 0) is 9.53 Å². The van der Waals surface area contributed by atoms with Gasteiger partial charge in [-0.15, -0.1) is 8.58 Å². The van der Waals surface area contributed by atoms with Crippen LogP contribution in [0.2, 0.25) is 0 Å². The maximum absolute atomic E-state index is 11.1. The fraction of sp³-hybridized carbons (Fsp3) is 0.786. The van der Waals surface area contributed by atoms with Gasteiger partial charge in [0.2, 0.25) is 0 Å². The summed E-state index contributed by atoms with van der Waals surface area (Å²) < 4.78 is 5.03. The molecule has 0 aromatic heterocycles. The van der Waals surface area contributed by atoms with Crippen molar-refractivity contribution in [1.29, 1.82) is 0 Å². The molecular formula is C14H27O2P. The third-order valence-corrected chi connectivity index (χ3v) is 3.83. The van der Waals surface area contributed by atoms with E-state index in [0.29, 0.717) is 12.2 Å². The number of rotatable bonds is 11. The zero-order valence-electron chi connectivity index (χ0n) is 11.4. The summed E-state index contributed by atoms with van der Waals surface area (Å²) in [4.78, 5) is 11.1. The fourth-order valence-electron chi connectivity index (χ4n) is 1.49. The minimum atomic E-state index is -0.255. The standard InChI is InChI=1S/C14H27O2P/c1-4-5-6-7-8-9-11-17-12-10-16-14(15)13(2)3/h17H,2,4-12H2,1,3H3. The van der Waals surface area contributed by atoms with Gasteiger partial charge in [0.1, 0.15) is 0 Å². The highest BCUT2D eigenvalue weighted by Gasteiger charge is 2.01. The Kier molecular flexibility index (Phi) is 11.8. The lowest BCUT2D eigenvalue weighted by atomic mass is 10.1. The summed E-state index contributed by atoms with van der Waals surface area (Å²) in [7, 11) is 0.931. The quantitative estimate of drug-likeness (QED) is 0.241. The second-order valence-corrected chi connectivity index (χ2v) is 5.93. The van der Waals surface area contributed by atoms with E-state index >= 15 is 0 Å². The first kappa shape index (κ1) is 16.6. The smallest absolute Gasteiger partial charge is 0.333 e. The molecule has 0 radical (unpaired) electrons. The molecule has 100 valence electrons. The molecule has 0 spiro atoms. The van der Waals surface area contributed by atoms with E-state index in [4.69, 9.17) is 4.74 Å².